The number of carbonyl (C=O) groups excluding carboxylic acids is 3. The summed E-state index contributed by atoms with van der Waals surface area (Å²) >= 11 is 6.15. The first-order valence-electron chi connectivity index (χ1n) is 9.74. The smallest absolute Gasteiger partial charge is 0.344 e. The van der Waals surface area contributed by atoms with Crippen LogP contribution in [0.25, 0.3) is 0 Å². The van der Waals surface area contributed by atoms with Crippen LogP contribution < -0.4 is 14.8 Å². The molecule has 2 aliphatic rings. The number of halogens is 1. The molecule has 2 atom stereocenters. The summed E-state index contributed by atoms with van der Waals surface area (Å²) in [6.07, 6.45) is -0.501. The Labute approximate surface area is 184 Å². The monoisotopic (exact) mass is 444 g/mol. The molecule has 2 aliphatic heterocycles. The molecule has 2 heterocycles. The van der Waals surface area contributed by atoms with Crippen molar-refractivity contribution in [1.29, 1.82) is 0 Å². The van der Waals surface area contributed by atoms with Gasteiger partial charge in [0.25, 0.3) is 0 Å². The Bertz CT molecular complexity index is 1060. The average Bonchev–Trinajstić information content (AvgIpc) is 3.31. The van der Waals surface area contributed by atoms with Crippen molar-refractivity contribution in [3.63, 3.8) is 0 Å². The van der Waals surface area contributed by atoms with Crippen LogP contribution in [0.5, 0.6) is 11.5 Å². The Balaban J connectivity index is 1.59. The highest BCUT2D eigenvalue weighted by Crippen LogP contribution is 2.45. The number of fused-ring (bicyclic) bond motifs is 1. The Morgan fingerprint density at radius 3 is 2.68 bits per heavy atom. The van der Waals surface area contributed by atoms with Gasteiger partial charge in [0.15, 0.2) is 11.5 Å². The molecular formula is C22H21ClN2O6. The van der Waals surface area contributed by atoms with Gasteiger partial charge >= 0.3 is 5.97 Å². The van der Waals surface area contributed by atoms with Crippen molar-refractivity contribution in [2.24, 2.45) is 0 Å². The summed E-state index contributed by atoms with van der Waals surface area (Å²) in [5.41, 5.74) is 1.42. The Morgan fingerprint density at radius 2 is 1.97 bits per heavy atom. The number of nitrogens with one attached hydrogen (secondary N) is 1. The maximum Gasteiger partial charge on any atom is 0.344 e. The van der Waals surface area contributed by atoms with E-state index in [-0.39, 0.29) is 36.1 Å². The summed E-state index contributed by atoms with van der Waals surface area (Å²) in [5, 5.41) is 3.37. The highest BCUT2D eigenvalue weighted by atomic mass is 35.5. The molecule has 1 N–H and O–H groups in total. The van der Waals surface area contributed by atoms with Crippen LogP contribution in [0.1, 0.15) is 40.6 Å². The number of rotatable bonds is 6. The van der Waals surface area contributed by atoms with Crippen molar-refractivity contribution in [2.75, 3.05) is 14.2 Å². The predicted molar refractivity (Wildman–Crippen MR) is 111 cm³/mol. The molecule has 9 heteroatoms. The molecule has 1 saturated heterocycles. The van der Waals surface area contributed by atoms with E-state index in [1.54, 1.807) is 24.3 Å². The summed E-state index contributed by atoms with van der Waals surface area (Å²) in [4.78, 5) is 39.5. The normalized spacial score (nSPS) is 19.8. The molecule has 2 unspecified atom stereocenters. The summed E-state index contributed by atoms with van der Waals surface area (Å²) in [7, 11) is 2.89. The van der Waals surface area contributed by atoms with Crippen molar-refractivity contribution >= 4 is 29.4 Å². The quantitative estimate of drug-likeness (QED) is 0.688. The van der Waals surface area contributed by atoms with Crippen molar-refractivity contribution in [2.45, 2.75) is 31.7 Å². The maximum atomic E-state index is 12.9. The van der Waals surface area contributed by atoms with E-state index < -0.39 is 18.2 Å². The fourth-order valence-electron chi connectivity index (χ4n) is 3.98. The zero-order chi connectivity index (χ0) is 22.1. The summed E-state index contributed by atoms with van der Waals surface area (Å²) in [6.45, 7) is 0.225. The lowest BCUT2D eigenvalue weighted by molar-refractivity contribution is -0.145. The Morgan fingerprint density at radius 1 is 1.19 bits per heavy atom. The van der Waals surface area contributed by atoms with Gasteiger partial charge in [-0.3, -0.25) is 14.5 Å². The van der Waals surface area contributed by atoms with E-state index in [4.69, 9.17) is 25.8 Å². The predicted octanol–water partition coefficient (Wildman–Crippen LogP) is 2.83. The third kappa shape index (κ3) is 3.67. The van der Waals surface area contributed by atoms with E-state index >= 15 is 0 Å². The number of ether oxygens (including phenoxy) is 3. The van der Waals surface area contributed by atoms with E-state index in [1.165, 1.54) is 19.1 Å². The lowest BCUT2D eigenvalue weighted by Crippen LogP contribution is -2.46. The molecule has 1 fully saturated rings. The minimum Gasteiger partial charge on any atom is -0.493 e. The molecule has 2 amide bonds. The SMILES string of the molecule is COc1ccc2c(c1OC)C(=O)OC2N1C(=O)CCC1C(=O)NCc1ccccc1Cl. The van der Waals surface area contributed by atoms with Crippen LogP contribution in [-0.4, -0.2) is 42.9 Å². The zero-order valence-electron chi connectivity index (χ0n) is 17.0. The molecule has 4 rings (SSSR count). The number of nitrogens with zero attached hydrogens (tertiary/aromatic N) is 1. The second-order valence-corrected chi connectivity index (χ2v) is 7.59. The molecule has 0 radical (unpaired) electrons. The van der Waals surface area contributed by atoms with E-state index in [0.717, 1.165) is 5.56 Å². The van der Waals surface area contributed by atoms with Crippen LogP contribution in [0.3, 0.4) is 0 Å². The van der Waals surface area contributed by atoms with Crippen LogP contribution in [0.2, 0.25) is 5.02 Å². The molecule has 31 heavy (non-hydrogen) atoms. The van der Waals surface area contributed by atoms with Crippen molar-refractivity contribution in [1.82, 2.24) is 10.2 Å². The standard InChI is InChI=1S/C22H21ClN2O6/c1-29-16-9-7-13-18(19(16)30-2)22(28)31-21(13)25-15(8-10-17(25)26)20(27)24-11-12-5-3-4-6-14(12)23/h3-7,9,15,21H,8,10-11H2,1-2H3,(H,24,27). The number of cyclic esters (lactones) is 1. The van der Waals surface area contributed by atoms with E-state index in [0.29, 0.717) is 22.8 Å². The van der Waals surface area contributed by atoms with Gasteiger partial charge in [-0.1, -0.05) is 29.8 Å². The molecule has 0 saturated carbocycles. The summed E-state index contributed by atoms with van der Waals surface area (Å²) in [5.74, 6) is -0.626. The number of hydrogen-bond acceptors (Lipinski definition) is 6. The van der Waals surface area contributed by atoms with E-state index in [1.807, 2.05) is 12.1 Å². The van der Waals surface area contributed by atoms with Crippen LogP contribution in [0.4, 0.5) is 0 Å². The second-order valence-electron chi connectivity index (χ2n) is 7.19. The molecule has 0 bridgehead atoms. The minimum atomic E-state index is -1.01. The molecule has 0 aromatic heterocycles. The van der Waals surface area contributed by atoms with Crippen LogP contribution in [-0.2, 0) is 20.9 Å². The molecule has 0 spiro atoms. The lowest BCUT2D eigenvalue weighted by Gasteiger charge is -2.29. The average molecular weight is 445 g/mol. The first kappa shape index (κ1) is 21.0. The van der Waals surface area contributed by atoms with Gasteiger partial charge in [-0.2, -0.15) is 0 Å². The van der Waals surface area contributed by atoms with Gasteiger partial charge in [-0.25, -0.2) is 4.79 Å². The maximum absolute atomic E-state index is 12.9. The van der Waals surface area contributed by atoms with Crippen LogP contribution in [0, 0.1) is 0 Å². The van der Waals surface area contributed by atoms with Crippen molar-refractivity contribution in [3.05, 3.63) is 58.1 Å². The number of hydrogen-bond donors (Lipinski definition) is 1. The highest BCUT2D eigenvalue weighted by molar-refractivity contribution is 6.31. The van der Waals surface area contributed by atoms with Crippen LogP contribution >= 0.6 is 11.6 Å². The van der Waals surface area contributed by atoms with Gasteiger partial charge in [-0.05, 0) is 30.2 Å². The first-order valence-corrected chi connectivity index (χ1v) is 10.1. The molecule has 162 valence electrons. The second kappa shape index (κ2) is 8.47. The highest BCUT2D eigenvalue weighted by Gasteiger charge is 2.47. The van der Waals surface area contributed by atoms with Crippen molar-refractivity contribution < 1.29 is 28.6 Å². The summed E-state index contributed by atoms with van der Waals surface area (Å²) < 4.78 is 16.1. The number of methoxy groups -OCH3 is 2. The third-order valence-corrected chi connectivity index (χ3v) is 5.86. The van der Waals surface area contributed by atoms with Crippen molar-refractivity contribution in [3.8, 4) is 11.5 Å². The molecule has 0 aliphatic carbocycles. The fraction of sp³-hybridized carbons (Fsp3) is 0.318. The minimum absolute atomic E-state index is 0.181. The number of esters is 1. The molecular weight excluding hydrogens is 424 g/mol. The fourth-order valence-corrected chi connectivity index (χ4v) is 4.19. The Hall–Kier alpha value is -3.26. The topological polar surface area (TPSA) is 94.2 Å². The third-order valence-electron chi connectivity index (χ3n) is 5.49. The molecule has 8 nitrogen and oxygen atoms in total. The van der Waals surface area contributed by atoms with Crippen LogP contribution in [0.15, 0.2) is 36.4 Å². The number of amides is 2. The Kier molecular flexibility index (Phi) is 5.73. The number of benzene rings is 2. The zero-order valence-corrected chi connectivity index (χ0v) is 17.8. The molecule has 2 aromatic carbocycles. The van der Waals surface area contributed by atoms with Gasteiger partial charge < -0.3 is 19.5 Å². The van der Waals surface area contributed by atoms with Gasteiger partial charge in [0.1, 0.15) is 11.6 Å². The van der Waals surface area contributed by atoms with Gasteiger partial charge in [0, 0.05) is 23.6 Å². The van der Waals surface area contributed by atoms with Gasteiger partial charge in [0.2, 0.25) is 18.0 Å². The van der Waals surface area contributed by atoms with Gasteiger partial charge in [0.05, 0.1) is 14.2 Å². The molecule has 2 aromatic rings. The van der Waals surface area contributed by atoms with E-state index in [9.17, 15) is 14.4 Å². The summed E-state index contributed by atoms with van der Waals surface area (Å²) in [6, 6.07) is 9.71. The first-order chi connectivity index (χ1) is 15.0. The number of carbonyl (C=O) groups is 3. The van der Waals surface area contributed by atoms with Gasteiger partial charge in [-0.15, -0.1) is 0 Å². The largest absolute Gasteiger partial charge is 0.493 e. The van der Waals surface area contributed by atoms with E-state index in [2.05, 4.69) is 5.32 Å². The lowest BCUT2D eigenvalue weighted by atomic mass is 10.1. The number of likely N-dealkylation sites (tertiary alicyclic amines) is 1.